The van der Waals surface area contributed by atoms with E-state index in [1.54, 1.807) is 18.3 Å². The summed E-state index contributed by atoms with van der Waals surface area (Å²) >= 11 is 3.39. The molecule has 200 valence electrons. The van der Waals surface area contributed by atoms with Crippen LogP contribution in [0, 0.1) is 0 Å². The Morgan fingerprint density at radius 1 is 0.825 bits per heavy atom. The van der Waals surface area contributed by atoms with Crippen molar-refractivity contribution in [1.29, 1.82) is 0 Å². The van der Waals surface area contributed by atoms with Crippen molar-refractivity contribution in [3.63, 3.8) is 0 Å². The van der Waals surface area contributed by atoms with Gasteiger partial charge in [-0.1, -0.05) is 76.6 Å². The lowest BCUT2D eigenvalue weighted by Gasteiger charge is -2.15. The van der Waals surface area contributed by atoms with Gasteiger partial charge in [-0.2, -0.15) is 5.10 Å². The molecule has 0 aliphatic heterocycles. The summed E-state index contributed by atoms with van der Waals surface area (Å²) in [5, 5.41) is 4.29. The standard InChI is InChI=1S/C33H28BrN3O3/c1-2-39-29-19-15-28(16-20-29)37-31(24-9-5-3-6-10-24)21-26(33(37)25-11-7-4-8-12-25)22-35-36-32(38)23-40-30-17-13-27(34)14-18-30/h3-22H,2,23H2,1H3,(H,36,38)/b35-22-. The predicted molar refractivity (Wildman–Crippen MR) is 163 cm³/mol. The minimum atomic E-state index is -0.352. The van der Waals surface area contributed by atoms with Crippen molar-refractivity contribution >= 4 is 28.1 Å². The maximum Gasteiger partial charge on any atom is 0.277 e. The van der Waals surface area contributed by atoms with Gasteiger partial charge in [0.05, 0.1) is 24.2 Å². The second kappa shape index (κ2) is 13.0. The fraction of sp³-hybridized carbons (Fsp3) is 0.0909. The van der Waals surface area contributed by atoms with Crippen LogP contribution in [-0.4, -0.2) is 29.9 Å². The fourth-order valence-corrected chi connectivity index (χ4v) is 4.62. The van der Waals surface area contributed by atoms with Crippen molar-refractivity contribution in [2.75, 3.05) is 13.2 Å². The normalized spacial score (nSPS) is 10.9. The summed E-state index contributed by atoms with van der Waals surface area (Å²) in [5.74, 6) is 1.07. The Kier molecular flexibility index (Phi) is 8.73. The summed E-state index contributed by atoms with van der Waals surface area (Å²) in [7, 11) is 0. The Bertz CT molecular complexity index is 1580. The van der Waals surface area contributed by atoms with Crippen molar-refractivity contribution in [2.45, 2.75) is 6.92 Å². The highest BCUT2D eigenvalue weighted by Crippen LogP contribution is 2.35. The number of halogens is 1. The summed E-state index contributed by atoms with van der Waals surface area (Å²) in [5.41, 5.74) is 8.45. The van der Waals surface area contributed by atoms with E-state index in [1.807, 2.05) is 79.7 Å². The second-order valence-corrected chi connectivity index (χ2v) is 9.78. The molecule has 7 heteroatoms. The van der Waals surface area contributed by atoms with Crippen LogP contribution in [0.25, 0.3) is 28.2 Å². The van der Waals surface area contributed by atoms with Gasteiger partial charge in [-0.05, 0) is 72.6 Å². The topological polar surface area (TPSA) is 64.8 Å². The average Bonchev–Trinajstić information content (AvgIpc) is 3.38. The Balaban J connectivity index is 1.50. The molecule has 1 amide bonds. The molecular weight excluding hydrogens is 566 g/mol. The first kappa shape index (κ1) is 27.0. The minimum Gasteiger partial charge on any atom is -0.494 e. The van der Waals surface area contributed by atoms with Gasteiger partial charge in [0.15, 0.2) is 6.61 Å². The van der Waals surface area contributed by atoms with Gasteiger partial charge >= 0.3 is 0 Å². The van der Waals surface area contributed by atoms with E-state index in [9.17, 15) is 4.79 Å². The number of hydrazone groups is 1. The zero-order valence-electron chi connectivity index (χ0n) is 22.0. The number of hydrogen-bond acceptors (Lipinski definition) is 4. The number of carbonyl (C=O) groups is 1. The molecule has 0 aliphatic carbocycles. The third-order valence-corrected chi connectivity index (χ3v) is 6.66. The molecule has 0 unspecified atom stereocenters. The van der Waals surface area contributed by atoms with E-state index in [0.29, 0.717) is 12.4 Å². The number of nitrogens with zero attached hydrogens (tertiary/aromatic N) is 2. The van der Waals surface area contributed by atoms with Crippen LogP contribution < -0.4 is 14.9 Å². The van der Waals surface area contributed by atoms with E-state index in [0.717, 1.165) is 44.0 Å². The van der Waals surface area contributed by atoms with Crippen molar-refractivity contribution in [3.8, 4) is 39.7 Å². The quantitative estimate of drug-likeness (QED) is 0.135. The molecule has 0 atom stereocenters. The molecule has 1 heterocycles. The Hall–Kier alpha value is -4.62. The molecule has 0 saturated heterocycles. The number of aromatic nitrogens is 1. The van der Waals surface area contributed by atoms with E-state index in [4.69, 9.17) is 9.47 Å². The average molecular weight is 595 g/mol. The zero-order valence-corrected chi connectivity index (χ0v) is 23.5. The SMILES string of the molecule is CCOc1ccc(-n2c(-c3ccccc3)cc(/C=N\NC(=O)COc3ccc(Br)cc3)c2-c2ccccc2)cc1. The van der Waals surface area contributed by atoms with Gasteiger partial charge in [0.1, 0.15) is 11.5 Å². The van der Waals surface area contributed by atoms with Crippen molar-refractivity contribution in [1.82, 2.24) is 9.99 Å². The summed E-state index contributed by atoms with van der Waals surface area (Å²) in [4.78, 5) is 12.5. The lowest BCUT2D eigenvalue weighted by Crippen LogP contribution is -2.24. The third-order valence-electron chi connectivity index (χ3n) is 6.13. The van der Waals surface area contributed by atoms with Crippen LogP contribution in [0.3, 0.4) is 0 Å². The largest absolute Gasteiger partial charge is 0.494 e. The van der Waals surface area contributed by atoms with Gasteiger partial charge in [-0.3, -0.25) is 4.79 Å². The Morgan fingerprint density at radius 2 is 1.43 bits per heavy atom. The maximum atomic E-state index is 12.5. The smallest absolute Gasteiger partial charge is 0.277 e. The van der Waals surface area contributed by atoms with Crippen LogP contribution in [0.1, 0.15) is 12.5 Å². The highest BCUT2D eigenvalue weighted by Gasteiger charge is 2.19. The molecule has 0 aliphatic rings. The number of amides is 1. The number of nitrogens with one attached hydrogen (secondary N) is 1. The molecule has 0 fully saturated rings. The van der Waals surface area contributed by atoms with Gasteiger partial charge < -0.3 is 14.0 Å². The van der Waals surface area contributed by atoms with Crippen molar-refractivity contribution in [2.24, 2.45) is 5.10 Å². The van der Waals surface area contributed by atoms with E-state index < -0.39 is 0 Å². The number of hydrogen-bond donors (Lipinski definition) is 1. The van der Waals surface area contributed by atoms with Crippen LogP contribution in [0.4, 0.5) is 0 Å². The molecule has 1 aromatic heterocycles. The molecule has 5 rings (SSSR count). The van der Waals surface area contributed by atoms with Gasteiger partial charge in [0.2, 0.25) is 0 Å². The minimum absolute atomic E-state index is 0.146. The zero-order chi connectivity index (χ0) is 27.7. The summed E-state index contributed by atoms with van der Waals surface area (Å²) in [6, 6.07) is 37.8. The van der Waals surface area contributed by atoms with Crippen LogP contribution in [0.2, 0.25) is 0 Å². The van der Waals surface area contributed by atoms with Crippen LogP contribution in [0.5, 0.6) is 11.5 Å². The summed E-state index contributed by atoms with van der Waals surface area (Å²) in [6.07, 6.45) is 1.68. The molecular formula is C33H28BrN3O3. The first-order valence-electron chi connectivity index (χ1n) is 12.9. The van der Waals surface area contributed by atoms with Gasteiger partial charge in [0.25, 0.3) is 5.91 Å². The van der Waals surface area contributed by atoms with Gasteiger partial charge in [-0.15, -0.1) is 0 Å². The van der Waals surface area contributed by atoms with E-state index in [1.165, 1.54) is 0 Å². The first-order valence-corrected chi connectivity index (χ1v) is 13.7. The lowest BCUT2D eigenvalue weighted by atomic mass is 10.1. The number of ether oxygens (including phenoxy) is 2. The highest BCUT2D eigenvalue weighted by molar-refractivity contribution is 9.10. The van der Waals surface area contributed by atoms with Crippen LogP contribution in [0.15, 0.2) is 125 Å². The van der Waals surface area contributed by atoms with Gasteiger partial charge in [0, 0.05) is 15.7 Å². The second-order valence-electron chi connectivity index (χ2n) is 8.86. The third kappa shape index (κ3) is 6.50. The Morgan fingerprint density at radius 3 is 2.08 bits per heavy atom. The van der Waals surface area contributed by atoms with Crippen molar-refractivity contribution in [3.05, 3.63) is 125 Å². The summed E-state index contributed by atoms with van der Waals surface area (Å²) < 4.78 is 14.4. The number of carbonyl (C=O) groups excluding carboxylic acids is 1. The van der Waals surface area contributed by atoms with Crippen molar-refractivity contribution < 1.29 is 14.3 Å². The molecule has 0 bridgehead atoms. The molecule has 6 nitrogen and oxygen atoms in total. The van der Waals surface area contributed by atoms with E-state index in [2.05, 4.69) is 61.4 Å². The number of benzene rings is 4. The molecule has 0 saturated carbocycles. The molecule has 5 aromatic rings. The molecule has 4 aromatic carbocycles. The number of rotatable bonds is 10. The molecule has 40 heavy (non-hydrogen) atoms. The van der Waals surface area contributed by atoms with Crippen LogP contribution in [-0.2, 0) is 4.79 Å². The van der Waals surface area contributed by atoms with E-state index >= 15 is 0 Å². The maximum absolute atomic E-state index is 12.5. The first-order chi connectivity index (χ1) is 19.6. The van der Waals surface area contributed by atoms with E-state index in [-0.39, 0.29) is 12.5 Å². The summed E-state index contributed by atoms with van der Waals surface area (Å²) in [6.45, 7) is 2.43. The lowest BCUT2D eigenvalue weighted by molar-refractivity contribution is -0.123. The van der Waals surface area contributed by atoms with Gasteiger partial charge in [-0.25, -0.2) is 5.43 Å². The fourth-order valence-electron chi connectivity index (χ4n) is 4.35. The van der Waals surface area contributed by atoms with Crippen LogP contribution >= 0.6 is 15.9 Å². The monoisotopic (exact) mass is 593 g/mol. The molecule has 1 N–H and O–H groups in total. The predicted octanol–water partition coefficient (Wildman–Crippen LogP) is 7.50. The highest BCUT2D eigenvalue weighted by atomic mass is 79.9. The Labute approximate surface area is 242 Å². The molecule has 0 spiro atoms. The molecule has 0 radical (unpaired) electrons.